The molecule has 0 aliphatic rings. The predicted octanol–water partition coefficient (Wildman–Crippen LogP) is -0.179. The van der Waals surface area contributed by atoms with Crippen LogP contribution in [0.5, 0.6) is 0 Å². The Morgan fingerprint density at radius 1 is 1.24 bits per heavy atom. The van der Waals surface area contributed by atoms with Gasteiger partial charge in [-0.25, -0.2) is 0 Å². The summed E-state index contributed by atoms with van der Waals surface area (Å²) in [6.07, 6.45) is 3.51. The van der Waals surface area contributed by atoms with Crippen molar-refractivity contribution < 1.29 is 73.5 Å². The van der Waals surface area contributed by atoms with Crippen molar-refractivity contribution in [2.45, 2.75) is 45.8 Å². The molecular formula is C14H31NO3RbS2-. The van der Waals surface area contributed by atoms with Gasteiger partial charge in [-0.15, -0.1) is 0 Å². The Kier molecular flexibility index (Phi) is 27.3. The van der Waals surface area contributed by atoms with Gasteiger partial charge in [-0.05, 0) is 25.5 Å². The molecule has 0 aromatic rings. The van der Waals surface area contributed by atoms with E-state index in [9.17, 15) is 5.11 Å². The summed E-state index contributed by atoms with van der Waals surface area (Å²) in [6, 6.07) is 0. The molecule has 0 aliphatic heterocycles. The van der Waals surface area contributed by atoms with Gasteiger partial charge in [-0.3, -0.25) is 6.42 Å². The molecule has 3 atom stereocenters. The molecule has 0 amide bonds. The molecule has 0 radical (unpaired) electrons. The molecule has 0 spiro atoms. The number of rotatable bonds is 13. The molecule has 0 aromatic carbocycles. The van der Waals surface area contributed by atoms with Gasteiger partial charge >= 0.3 is 58.2 Å². The average Bonchev–Trinajstić information content (AvgIpc) is 2.42. The molecule has 0 heterocycles. The van der Waals surface area contributed by atoms with Crippen molar-refractivity contribution in [3.8, 4) is 0 Å². The summed E-state index contributed by atoms with van der Waals surface area (Å²) < 4.78 is 5.30. The number of hydrogen-bond acceptors (Lipinski definition) is 6. The Hall–Kier alpha value is 2.35. The molecule has 21 heavy (non-hydrogen) atoms. The van der Waals surface area contributed by atoms with Crippen LogP contribution in [0.1, 0.15) is 33.6 Å². The molecule has 124 valence electrons. The maximum Gasteiger partial charge on any atom is 1.00 e. The summed E-state index contributed by atoms with van der Waals surface area (Å²) in [7, 11) is 5.54. The number of nitrogens with one attached hydrogen (secondary N) is 1. The van der Waals surface area contributed by atoms with E-state index in [1.54, 1.807) is 7.11 Å². The van der Waals surface area contributed by atoms with Gasteiger partial charge in [0.15, 0.2) is 0 Å². The van der Waals surface area contributed by atoms with E-state index in [4.69, 9.17) is 4.74 Å². The first kappa shape index (κ1) is 28.2. The normalized spacial score (nSPS) is 14.7. The summed E-state index contributed by atoms with van der Waals surface area (Å²) in [4.78, 5) is 0. The van der Waals surface area contributed by atoms with E-state index >= 15 is 0 Å². The molecule has 3 N–H and O–H groups in total. The standard InChI is InChI=1S/C14H30NO2S2.H2O.Rb/c1-5-8-18-19-9-7-15-11-12(3)10-14(17-4)13(16)6-2;;/h10,12-16H,5-9,11H2,1-4H3;1H2;/q-1;;+1/p-1/t12?,13?,14-;;/m0../s1. The Balaban J connectivity index is -0.00000162. The first-order valence-corrected chi connectivity index (χ1v) is 9.65. The maximum atomic E-state index is 9.78. The molecule has 0 aromatic heterocycles. The third-order valence-corrected chi connectivity index (χ3v) is 5.40. The Bertz CT molecular complexity index is 205. The fraction of sp³-hybridized carbons (Fsp3) is 0.929. The van der Waals surface area contributed by atoms with Crippen molar-refractivity contribution in [3.05, 3.63) is 6.42 Å². The van der Waals surface area contributed by atoms with E-state index in [0.717, 1.165) is 25.3 Å². The zero-order chi connectivity index (χ0) is 14.5. The summed E-state index contributed by atoms with van der Waals surface area (Å²) in [6.45, 7) is 8.31. The third kappa shape index (κ3) is 17.0. The topological polar surface area (TPSA) is 71.5 Å². The minimum atomic E-state index is -0.395. The number of ether oxygens (including phenoxy) is 1. The third-order valence-electron chi connectivity index (χ3n) is 2.79. The van der Waals surface area contributed by atoms with Crippen LogP contribution in [-0.2, 0) is 4.74 Å². The van der Waals surface area contributed by atoms with Crippen molar-refractivity contribution >= 4 is 21.6 Å². The predicted molar refractivity (Wildman–Crippen MR) is 90.6 cm³/mol. The maximum absolute atomic E-state index is 9.78. The van der Waals surface area contributed by atoms with Crippen LogP contribution < -0.4 is 63.5 Å². The quantitative estimate of drug-likeness (QED) is 0.249. The van der Waals surface area contributed by atoms with Crippen LogP contribution in [0.3, 0.4) is 0 Å². The molecule has 0 bridgehead atoms. The van der Waals surface area contributed by atoms with Crippen molar-refractivity contribution in [1.29, 1.82) is 0 Å². The van der Waals surface area contributed by atoms with E-state index in [1.165, 1.54) is 12.2 Å². The van der Waals surface area contributed by atoms with Gasteiger partial charge in [0.2, 0.25) is 0 Å². The van der Waals surface area contributed by atoms with Gasteiger partial charge in [-0.1, -0.05) is 42.4 Å². The molecule has 2 unspecified atom stereocenters. The van der Waals surface area contributed by atoms with Crippen LogP contribution in [-0.4, -0.2) is 54.5 Å². The Labute approximate surface area is 187 Å². The Morgan fingerprint density at radius 3 is 2.38 bits per heavy atom. The first-order valence-electron chi connectivity index (χ1n) is 7.16. The summed E-state index contributed by atoms with van der Waals surface area (Å²) in [5.41, 5.74) is 0. The van der Waals surface area contributed by atoms with Gasteiger partial charge in [-0.2, -0.15) is 5.92 Å². The summed E-state index contributed by atoms with van der Waals surface area (Å²) >= 11 is 0. The minimum Gasteiger partial charge on any atom is -0.870 e. The SMILES string of the molecule is CCCSSCCNCC(C)[CH-][C@H](OC)C(O)CC.[OH-].[Rb+]. The van der Waals surface area contributed by atoms with Gasteiger partial charge in [0.25, 0.3) is 0 Å². The monoisotopic (exact) mass is 410 g/mol. The fourth-order valence-electron chi connectivity index (χ4n) is 1.63. The van der Waals surface area contributed by atoms with E-state index < -0.39 is 6.10 Å². The molecule has 0 saturated heterocycles. The van der Waals surface area contributed by atoms with E-state index in [-0.39, 0.29) is 69.8 Å². The molecule has 0 saturated carbocycles. The second-order valence-corrected chi connectivity index (χ2v) is 7.40. The molecule has 7 heteroatoms. The van der Waals surface area contributed by atoms with E-state index in [2.05, 4.69) is 25.6 Å². The van der Waals surface area contributed by atoms with Gasteiger partial charge in [0.05, 0.1) is 6.10 Å². The van der Waals surface area contributed by atoms with Crippen molar-refractivity contribution in [2.75, 3.05) is 31.7 Å². The Morgan fingerprint density at radius 2 is 1.86 bits per heavy atom. The van der Waals surface area contributed by atoms with Crippen LogP contribution in [0.15, 0.2) is 0 Å². The minimum absolute atomic E-state index is 0. The molecule has 0 rings (SSSR count). The van der Waals surface area contributed by atoms with Crippen LogP contribution >= 0.6 is 21.6 Å². The molecular weight excluding hydrogens is 380 g/mol. The van der Waals surface area contributed by atoms with Crippen LogP contribution in [0.2, 0.25) is 0 Å². The van der Waals surface area contributed by atoms with Crippen LogP contribution in [0.25, 0.3) is 0 Å². The van der Waals surface area contributed by atoms with E-state index in [1.807, 2.05) is 28.5 Å². The van der Waals surface area contributed by atoms with Crippen molar-refractivity contribution in [2.24, 2.45) is 5.92 Å². The van der Waals surface area contributed by atoms with E-state index in [0.29, 0.717) is 5.92 Å². The zero-order valence-corrected chi connectivity index (χ0v) is 20.7. The average molecular weight is 411 g/mol. The number of hydrogen-bond donors (Lipinski definition) is 2. The fourth-order valence-corrected chi connectivity index (χ4v) is 3.72. The largest absolute Gasteiger partial charge is 1.00 e. The molecule has 0 fully saturated rings. The number of methoxy groups -OCH3 is 1. The molecule has 4 nitrogen and oxygen atoms in total. The van der Waals surface area contributed by atoms with Crippen molar-refractivity contribution in [3.63, 3.8) is 0 Å². The van der Waals surface area contributed by atoms with Crippen LogP contribution in [0, 0.1) is 12.3 Å². The second kappa shape index (κ2) is 20.4. The van der Waals surface area contributed by atoms with Gasteiger partial charge < -0.3 is 20.6 Å². The zero-order valence-electron chi connectivity index (χ0n) is 14.2. The van der Waals surface area contributed by atoms with Crippen molar-refractivity contribution in [1.82, 2.24) is 5.32 Å². The van der Waals surface area contributed by atoms with Gasteiger partial charge in [0, 0.05) is 25.2 Å². The van der Waals surface area contributed by atoms with Crippen LogP contribution in [0.4, 0.5) is 0 Å². The second-order valence-electron chi connectivity index (χ2n) is 4.69. The first-order chi connectivity index (χ1) is 9.15. The molecule has 0 aliphatic carbocycles. The summed E-state index contributed by atoms with van der Waals surface area (Å²) in [5.74, 6) is 2.78. The summed E-state index contributed by atoms with van der Waals surface area (Å²) in [5, 5.41) is 13.2. The van der Waals surface area contributed by atoms with Gasteiger partial charge in [0.1, 0.15) is 0 Å². The smallest absolute Gasteiger partial charge is 0.870 e. The number of aliphatic hydroxyl groups excluding tert-OH is 1. The number of aliphatic hydroxyl groups is 1.